The highest BCUT2D eigenvalue weighted by molar-refractivity contribution is 7.19. The first-order chi connectivity index (χ1) is 16.0. The van der Waals surface area contributed by atoms with Crippen molar-refractivity contribution in [1.29, 1.82) is 0 Å². The first-order valence-electron chi connectivity index (χ1n) is 12.0. The highest BCUT2D eigenvalue weighted by Crippen LogP contribution is 2.38. The van der Waals surface area contributed by atoms with Crippen LogP contribution in [0.15, 0.2) is 48.5 Å². The smallest absolute Gasteiger partial charge is 0.399 e. The van der Waals surface area contributed by atoms with Gasteiger partial charge < -0.3 is 9.31 Å². The minimum Gasteiger partial charge on any atom is -0.399 e. The fraction of sp³-hybridized carbons (Fsp3) is 0.444. The number of rotatable bonds is 4. The van der Waals surface area contributed by atoms with Gasteiger partial charge in [-0.3, -0.25) is 4.90 Å². The number of thiazole rings is 1. The van der Waals surface area contributed by atoms with Crippen molar-refractivity contribution in [3.05, 3.63) is 64.9 Å². The highest BCUT2D eigenvalue weighted by atomic mass is 32.1. The third-order valence-electron chi connectivity index (χ3n) is 7.53. The third kappa shape index (κ3) is 4.24. The van der Waals surface area contributed by atoms with Crippen molar-refractivity contribution in [3.8, 4) is 0 Å². The van der Waals surface area contributed by atoms with Gasteiger partial charge in [0.1, 0.15) is 16.3 Å². The van der Waals surface area contributed by atoms with Gasteiger partial charge >= 0.3 is 7.12 Å². The lowest BCUT2D eigenvalue weighted by Gasteiger charge is -2.37. The molecular formula is C27H32BFN2O2S. The van der Waals surface area contributed by atoms with Crippen molar-refractivity contribution in [2.45, 2.75) is 77.8 Å². The fourth-order valence-corrected chi connectivity index (χ4v) is 5.87. The lowest BCUT2D eigenvalue weighted by atomic mass is 9.79. The Labute approximate surface area is 205 Å². The van der Waals surface area contributed by atoms with Crippen LogP contribution in [0.4, 0.5) is 4.39 Å². The van der Waals surface area contributed by atoms with Crippen LogP contribution in [0.1, 0.15) is 58.5 Å². The molecular weight excluding hydrogens is 446 g/mol. The zero-order valence-electron chi connectivity index (χ0n) is 20.8. The SMILES string of the molecule is CC1CC(c2nc3c(F)cc(B4OC(C)(C)C(C)(C)O4)cc3s2)=C[C@@H](C)N1Cc1ccccc1. The average molecular weight is 478 g/mol. The Kier molecular flexibility index (Phi) is 5.96. The summed E-state index contributed by atoms with van der Waals surface area (Å²) in [7, 11) is -0.588. The Morgan fingerprint density at radius 2 is 1.76 bits per heavy atom. The molecule has 1 aromatic heterocycles. The van der Waals surface area contributed by atoms with Gasteiger partial charge in [-0.15, -0.1) is 11.3 Å². The molecule has 2 aliphatic rings. The summed E-state index contributed by atoms with van der Waals surface area (Å²) in [6, 6.07) is 14.7. The van der Waals surface area contributed by atoms with Crippen LogP contribution in [-0.4, -0.2) is 40.3 Å². The van der Waals surface area contributed by atoms with Crippen molar-refractivity contribution in [2.75, 3.05) is 0 Å². The number of hydrogen-bond donors (Lipinski definition) is 0. The Hall–Kier alpha value is -2.06. The van der Waals surface area contributed by atoms with E-state index in [1.165, 1.54) is 17.2 Å². The number of halogens is 1. The standard InChI is InChI=1S/C27H32BFN2O2S/c1-17-12-20(13-18(2)31(17)16-19-10-8-7-9-11-19)25-30-24-22(29)14-21(15-23(24)34-25)28-32-26(3,4)27(5,6)33-28/h7-12,14-15,17-18H,13,16H2,1-6H3/t17-,18?/m1/s1. The molecule has 5 rings (SSSR count). The molecule has 34 heavy (non-hydrogen) atoms. The van der Waals surface area contributed by atoms with E-state index in [-0.39, 0.29) is 11.9 Å². The topological polar surface area (TPSA) is 34.6 Å². The first-order valence-corrected chi connectivity index (χ1v) is 12.8. The van der Waals surface area contributed by atoms with Gasteiger partial charge in [0.2, 0.25) is 0 Å². The van der Waals surface area contributed by atoms with Crippen molar-refractivity contribution in [1.82, 2.24) is 9.88 Å². The molecule has 4 nitrogen and oxygen atoms in total. The molecule has 2 aromatic carbocycles. The molecule has 3 heterocycles. The maximum atomic E-state index is 15.1. The fourth-order valence-electron chi connectivity index (χ4n) is 4.81. The summed E-state index contributed by atoms with van der Waals surface area (Å²) in [6.07, 6.45) is 3.18. The summed E-state index contributed by atoms with van der Waals surface area (Å²) in [6.45, 7) is 13.4. The molecule has 0 N–H and O–H groups in total. The lowest BCUT2D eigenvalue weighted by molar-refractivity contribution is 0.00578. The van der Waals surface area contributed by atoms with E-state index in [0.717, 1.165) is 22.7 Å². The summed E-state index contributed by atoms with van der Waals surface area (Å²) in [5.41, 5.74) is 2.71. The van der Waals surface area contributed by atoms with Crippen LogP contribution in [0.3, 0.4) is 0 Å². The molecule has 178 valence electrons. The second kappa shape index (κ2) is 8.56. The van der Waals surface area contributed by atoms with Crippen LogP contribution < -0.4 is 5.46 Å². The molecule has 0 saturated carbocycles. The van der Waals surface area contributed by atoms with E-state index in [9.17, 15) is 0 Å². The Balaban J connectivity index is 1.42. The predicted octanol–water partition coefficient (Wildman–Crippen LogP) is 5.80. The molecule has 3 aromatic rings. The predicted molar refractivity (Wildman–Crippen MR) is 139 cm³/mol. The van der Waals surface area contributed by atoms with Gasteiger partial charge in [0.15, 0.2) is 0 Å². The maximum Gasteiger partial charge on any atom is 0.494 e. The maximum absolute atomic E-state index is 15.1. The minimum atomic E-state index is -0.588. The zero-order chi connectivity index (χ0) is 24.3. The van der Waals surface area contributed by atoms with Crippen LogP contribution >= 0.6 is 11.3 Å². The van der Waals surface area contributed by atoms with Gasteiger partial charge in [-0.2, -0.15) is 0 Å². The minimum absolute atomic E-state index is 0.274. The molecule has 0 spiro atoms. The number of benzene rings is 2. The van der Waals surface area contributed by atoms with Gasteiger partial charge in [0.05, 0.1) is 15.9 Å². The molecule has 2 atom stereocenters. The largest absolute Gasteiger partial charge is 0.494 e. The zero-order valence-corrected chi connectivity index (χ0v) is 21.6. The first kappa shape index (κ1) is 23.7. The van der Waals surface area contributed by atoms with E-state index in [0.29, 0.717) is 17.0 Å². The van der Waals surface area contributed by atoms with Crippen molar-refractivity contribution in [2.24, 2.45) is 0 Å². The van der Waals surface area contributed by atoms with Gasteiger partial charge in [0, 0.05) is 18.6 Å². The summed E-state index contributed by atoms with van der Waals surface area (Å²) in [5, 5.41) is 0.901. The normalized spacial score (nSPS) is 24.6. The molecule has 2 aliphatic heterocycles. The van der Waals surface area contributed by atoms with Crippen LogP contribution in [0, 0.1) is 5.82 Å². The van der Waals surface area contributed by atoms with E-state index < -0.39 is 18.3 Å². The van der Waals surface area contributed by atoms with Gasteiger partial charge in [-0.05, 0) is 76.7 Å². The Morgan fingerprint density at radius 3 is 2.41 bits per heavy atom. The Bertz CT molecular complexity index is 1220. The van der Waals surface area contributed by atoms with Crippen LogP contribution in [-0.2, 0) is 15.9 Å². The number of fused-ring (bicyclic) bond motifs is 1. The van der Waals surface area contributed by atoms with Crippen molar-refractivity contribution < 1.29 is 13.7 Å². The average Bonchev–Trinajstić information content (AvgIpc) is 3.29. The molecule has 0 aliphatic carbocycles. The van der Waals surface area contributed by atoms with Crippen molar-refractivity contribution >= 4 is 39.7 Å². The molecule has 0 amide bonds. The van der Waals surface area contributed by atoms with E-state index in [4.69, 9.17) is 14.3 Å². The second-order valence-corrected chi connectivity index (χ2v) is 11.6. The van der Waals surface area contributed by atoms with E-state index in [2.05, 4.69) is 55.2 Å². The second-order valence-electron chi connectivity index (χ2n) is 10.6. The highest BCUT2D eigenvalue weighted by Gasteiger charge is 2.51. The van der Waals surface area contributed by atoms with Crippen LogP contribution in [0.2, 0.25) is 0 Å². The lowest BCUT2D eigenvalue weighted by Crippen LogP contribution is -2.41. The summed E-state index contributed by atoms with van der Waals surface area (Å²) >= 11 is 1.55. The molecule has 7 heteroatoms. The summed E-state index contributed by atoms with van der Waals surface area (Å²) < 4.78 is 28.2. The molecule has 1 unspecified atom stereocenters. The molecule has 1 saturated heterocycles. The Morgan fingerprint density at radius 1 is 1.09 bits per heavy atom. The van der Waals surface area contributed by atoms with Crippen molar-refractivity contribution in [3.63, 3.8) is 0 Å². The van der Waals surface area contributed by atoms with Gasteiger partial charge in [0.25, 0.3) is 0 Å². The van der Waals surface area contributed by atoms with Gasteiger partial charge in [-0.25, -0.2) is 9.37 Å². The van der Waals surface area contributed by atoms with E-state index in [1.807, 2.05) is 33.8 Å². The van der Waals surface area contributed by atoms with E-state index in [1.54, 1.807) is 11.3 Å². The quantitative estimate of drug-likeness (QED) is 0.444. The van der Waals surface area contributed by atoms with Crippen LogP contribution in [0.25, 0.3) is 15.8 Å². The third-order valence-corrected chi connectivity index (χ3v) is 8.60. The summed E-state index contributed by atoms with van der Waals surface area (Å²) in [4.78, 5) is 7.22. The molecule has 0 radical (unpaired) electrons. The molecule has 1 fully saturated rings. The van der Waals surface area contributed by atoms with E-state index >= 15 is 4.39 Å². The monoisotopic (exact) mass is 478 g/mol. The summed E-state index contributed by atoms with van der Waals surface area (Å²) in [5.74, 6) is -0.326. The number of hydrogen-bond acceptors (Lipinski definition) is 5. The molecule has 0 bridgehead atoms. The van der Waals surface area contributed by atoms with Crippen LogP contribution in [0.5, 0.6) is 0 Å². The number of aromatic nitrogens is 1. The van der Waals surface area contributed by atoms with Gasteiger partial charge in [-0.1, -0.05) is 36.4 Å². The number of nitrogens with zero attached hydrogens (tertiary/aromatic N) is 2.